The van der Waals surface area contributed by atoms with Crippen LogP contribution < -0.4 is 0 Å². The minimum Gasteiger partial charge on any atom is -0.481 e. The number of hydrogen-bond acceptors (Lipinski definition) is 5. The zero-order valence-electron chi connectivity index (χ0n) is 20.2. The summed E-state index contributed by atoms with van der Waals surface area (Å²) in [6.45, 7) is 5.99. The standard InChI is InChI=1S/C27H30N2O6/c1-26(2,3)35-24(32)28-15-27(16-28)22(23(30)31)12-13-29(27)25(33)34-14-21-19-10-6-4-8-17(19)18-9-5-7-11-20(18)21/h4-11,21-22H,12-16H2,1-3H3,(H,30,31). The third-order valence-electron chi connectivity index (χ3n) is 7.26. The van der Waals surface area contributed by atoms with Gasteiger partial charge in [0.1, 0.15) is 12.2 Å². The normalized spacial score (nSPS) is 20.3. The molecule has 2 saturated heterocycles. The van der Waals surface area contributed by atoms with Crippen LogP contribution in [-0.2, 0) is 14.3 Å². The van der Waals surface area contributed by atoms with Crippen LogP contribution in [0.3, 0.4) is 0 Å². The molecule has 184 valence electrons. The van der Waals surface area contributed by atoms with Gasteiger partial charge in [-0.25, -0.2) is 9.59 Å². The summed E-state index contributed by atoms with van der Waals surface area (Å²) in [5.74, 6) is -1.82. The lowest BCUT2D eigenvalue weighted by molar-refractivity contribution is -0.149. The summed E-state index contributed by atoms with van der Waals surface area (Å²) in [6, 6.07) is 16.2. The van der Waals surface area contributed by atoms with Gasteiger partial charge in [-0.3, -0.25) is 9.69 Å². The summed E-state index contributed by atoms with van der Waals surface area (Å²) < 4.78 is 11.2. The van der Waals surface area contributed by atoms with Crippen molar-refractivity contribution in [3.05, 3.63) is 59.7 Å². The van der Waals surface area contributed by atoms with Gasteiger partial charge in [-0.1, -0.05) is 48.5 Å². The monoisotopic (exact) mass is 478 g/mol. The van der Waals surface area contributed by atoms with Crippen molar-refractivity contribution in [2.24, 2.45) is 5.92 Å². The number of ether oxygens (including phenoxy) is 2. The maximum Gasteiger partial charge on any atom is 0.410 e. The number of carbonyl (C=O) groups excluding carboxylic acids is 2. The van der Waals surface area contributed by atoms with Gasteiger partial charge >= 0.3 is 18.2 Å². The van der Waals surface area contributed by atoms with E-state index in [0.29, 0.717) is 6.42 Å². The van der Waals surface area contributed by atoms with Crippen molar-refractivity contribution in [2.45, 2.75) is 44.2 Å². The Morgan fingerprint density at radius 3 is 2.09 bits per heavy atom. The zero-order chi connectivity index (χ0) is 25.0. The molecule has 0 aromatic heterocycles. The Bertz CT molecular complexity index is 1130. The maximum absolute atomic E-state index is 13.3. The number of aliphatic carboxylic acids is 1. The molecule has 2 heterocycles. The van der Waals surface area contributed by atoms with Crippen LogP contribution in [0, 0.1) is 5.92 Å². The molecule has 8 nitrogen and oxygen atoms in total. The highest BCUT2D eigenvalue weighted by atomic mass is 16.6. The van der Waals surface area contributed by atoms with E-state index in [2.05, 4.69) is 24.3 Å². The van der Waals surface area contributed by atoms with Crippen LogP contribution in [0.4, 0.5) is 9.59 Å². The first-order valence-corrected chi connectivity index (χ1v) is 11.9. The number of nitrogens with zero attached hydrogens (tertiary/aromatic N) is 2. The number of likely N-dealkylation sites (tertiary alicyclic amines) is 2. The van der Waals surface area contributed by atoms with Gasteiger partial charge in [0.15, 0.2) is 0 Å². The van der Waals surface area contributed by atoms with Crippen molar-refractivity contribution < 1.29 is 29.0 Å². The fourth-order valence-electron chi connectivity index (χ4n) is 5.70. The van der Waals surface area contributed by atoms with E-state index in [9.17, 15) is 19.5 Å². The minimum atomic E-state index is -0.981. The molecular weight excluding hydrogens is 448 g/mol. The highest BCUT2D eigenvalue weighted by Crippen LogP contribution is 2.46. The fourth-order valence-corrected chi connectivity index (χ4v) is 5.70. The molecule has 1 atom stereocenters. The maximum atomic E-state index is 13.3. The highest BCUT2D eigenvalue weighted by Gasteiger charge is 2.62. The minimum absolute atomic E-state index is 0.0835. The number of fused-ring (bicyclic) bond motifs is 3. The predicted octanol–water partition coefficient (Wildman–Crippen LogP) is 4.33. The summed E-state index contributed by atoms with van der Waals surface area (Å²) in [6.07, 6.45) is -0.729. The Labute approximate surface area is 204 Å². The van der Waals surface area contributed by atoms with Crippen LogP contribution in [-0.4, -0.2) is 70.4 Å². The van der Waals surface area contributed by atoms with Crippen molar-refractivity contribution in [2.75, 3.05) is 26.2 Å². The summed E-state index contributed by atoms with van der Waals surface area (Å²) in [5.41, 5.74) is 2.86. The Kier molecular flexibility index (Phi) is 5.49. The molecule has 35 heavy (non-hydrogen) atoms. The lowest BCUT2D eigenvalue weighted by Gasteiger charge is -2.53. The SMILES string of the molecule is CC(C)(C)OC(=O)N1CC2(C1)C(C(=O)O)CCN2C(=O)OCC1c2ccccc2-c2ccccc21. The van der Waals surface area contributed by atoms with Crippen molar-refractivity contribution in [1.29, 1.82) is 0 Å². The van der Waals surface area contributed by atoms with Crippen molar-refractivity contribution in [3.63, 3.8) is 0 Å². The van der Waals surface area contributed by atoms with Crippen LogP contribution in [0.1, 0.15) is 44.2 Å². The Morgan fingerprint density at radius 1 is 0.971 bits per heavy atom. The summed E-state index contributed by atoms with van der Waals surface area (Å²) >= 11 is 0. The molecule has 0 radical (unpaired) electrons. The van der Waals surface area contributed by atoms with Crippen LogP contribution in [0.5, 0.6) is 0 Å². The van der Waals surface area contributed by atoms with Crippen LogP contribution in [0.15, 0.2) is 48.5 Å². The van der Waals surface area contributed by atoms with Gasteiger partial charge in [-0.05, 0) is 49.4 Å². The first kappa shape index (κ1) is 23.2. The molecule has 1 unspecified atom stereocenters. The van der Waals surface area contributed by atoms with Gasteiger partial charge in [0.05, 0.1) is 24.5 Å². The van der Waals surface area contributed by atoms with Gasteiger partial charge in [-0.15, -0.1) is 0 Å². The first-order valence-electron chi connectivity index (χ1n) is 11.9. The molecule has 2 aliphatic heterocycles. The number of benzene rings is 2. The third kappa shape index (κ3) is 3.90. The molecule has 3 aliphatic rings. The van der Waals surface area contributed by atoms with Gasteiger partial charge in [0, 0.05) is 12.5 Å². The highest BCUT2D eigenvalue weighted by molar-refractivity contribution is 5.81. The van der Waals surface area contributed by atoms with E-state index in [1.54, 1.807) is 20.8 Å². The molecule has 0 saturated carbocycles. The lowest BCUT2D eigenvalue weighted by Crippen LogP contribution is -2.73. The Morgan fingerprint density at radius 2 is 1.54 bits per heavy atom. The molecule has 8 heteroatoms. The Balaban J connectivity index is 1.31. The molecule has 1 spiro atoms. The van der Waals surface area contributed by atoms with E-state index in [-0.39, 0.29) is 32.2 Å². The van der Waals surface area contributed by atoms with Crippen molar-refractivity contribution in [1.82, 2.24) is 9.80 Å². The van der Waals surface area contributed by atoms with E-state index in [1.165, 1.54) is 9.80 Å². The second-order valence-electron chi connectivity index (χ2n) is 10.6. The van der Waals surface area contributed by atoms with E-state index in [0.717, 1.165) is 22.3 Å². The molecule has 2 fully saturated rings. The molecule has 1 N–H and O–H groups in total. The van der Waals surface area contributed by atoms with Gasteiger partial charge in [-0.2, -0.15) is 0 Å². The second kappa shape index (κ2) is 8.29. The van der Waals surface area contributed by atoms with Crippen LogP contribution in [0.2, 0.25) is 0 Å². The number of amides is 2. The number of carboxylic acid groups (broad SMARTS) is 1. The van der Waals surface area contributed by atoms with Gasteiger partial charge < -0.3 is 19.5 Å². The van der Waals surface area contributed by atoms with Crippen molar-refractivity contribution in [3.8, 4) is 11.1 Å². The second-order valence-corrected chi connectivity index (χ2v) is 10.6. The van der Waals surface area contributed by atoms with E-state index in [4.69, 9.17) is 9.47 Å². The Hall–Kier alpha value is -3.55. The van der Waals surface area contributed by atoms with E-state index >= 15 is 0 Å². The molecule has 2 aromatic carbocycles. The van der Waals surface area contributed by atoms with Crippen LogP contribution in [0.25, 0.3) is 11.1 Å². The number of hydrogen-bond donors (Lipinski definition) is 1. The number of carboxylic acids is 1. The summed E-state index contributed by atoms with van der Waals surface area (Å²) in [5, 5.41) is 9.83. The molecule has 1 aliphatic carbocycles. The summed E-state index contributed by atoms with van der Waals surface area (Å²) in [7, 11) is 0. The average molecular weight is 479 g/mol. The molecule has 2 aromatic rings. The largest absolute Gasteiger partial charge is 0.481 e. The summed E-state index contributed by atoms with van der Waals surface area (Å²) in [4.78, 5) is 40.8. The van der Waals surface area contributed by atoms with Crippen molar-refractivity contribution >= 4 is 18.2 Å². The molecule has 2 amide bonds. The molecule has 5 rings (SSSR count). The smallest absolute Gasteiger partial charge is 0.410 e. The lowest BCUT2D eigenvalue weighted by atomic mass is 9.78. The quantitative estimate of drug-likeness (QED) is 0.705. The molecular formula is C27H30N2O6. The molecule has 0 bridgehead atoms. The first-order chi connectivity index (χ1) is 16.6. The number of carbonyl (C=O) groups is 3. The average Bonchev–Trinajstić information content (AvgIpc) is 3.32. The van der Waals surface area contributed by atoms with Gasteiger partial charge in [0.25, 0.3) is 0 Å². The van der Waals surface area contributed by atoms with E-state index in [1.807, 2.05) is 24.3 Å². The van der Waals surface area contributed by atoms with E-state index < -0.39 is 35.2 Å². The topological polar surface area (TPSA) is 96.4 Å². The third-order valence-corrected chi connectivity index (χ3v) is 7.26. The fraction of sp³-hybridized carbons (Fsp3) is 0.444. The number of rotatable bonds is 3. The van der Waals surface area contributed by atoms with Gasteiger partial charge in [0.2, 0.25) is 0 Å². The predicted molar refractivity (Wildman–Crippen MR) is 128 cm³/mol. The zero-order valence-corrected chi connectivity index (χ0v) is 20.2. The van der Waals surface area contributed by atoms with Crippen LogP contribution >= 0.6 is 0 Å².